The Morgan fingerprint density at radius 1 is 1.04 bits per heavy atom. The number of anilines is 2. The van der Waals surface area contributed by atoms with Gasteiger partial charge in [-0.15, -0.1) is 0 Å². The molecule has 2 heterocycles. The molecule has 0 amide bonds. The van der Waals surface area contributed by atoms with E-state index >= 15 is 0 Å². The van der Waals surface area contributed by atoms with Crippen LogP contribution in [0.1, 0.15) is 6.42 Å². The van der Waals surface area contributed by atoms with Crippen molar-refractivity contribution in [3.05, 3.63) is 82.2 Å². The van der Waals surface area contributed by atoms with Gasteiger partial charge in [-0.3, -0.25) is 4.79 Å². The van der Waals surface area contributed by atoms with E-state index in [0.29, 0.717) is 17.4 Å². The third kappa shape index (κ3) is 3.30. The Balaban J connectivity index is 1.54. The van der Waals surface area contributed by atoms with E-state index in [-0.39, 0.29) is 10.6 Å². The van der Waals surface area contributed by atoms with Crippen molar-refractivity contribution in [1.29, 1.82) is 0 Å². The van der Waals surface area contributed by atoms with Gasteiger partial charge in [-0.05, 0) is 30.7 Å². The molecule has 1 fully saturated rings. The first-order valence-electron chi connectivity index (χ1n) is 8.62. The van der Waals surface area contributed by atoms with Crippen molar-refractivity contribution in [2.24, 2.45) is 0 Å². The molecule has 5 nitrogen and oxygen atoms in total. The van der Waals surface area contributed by atoms with Crippen LogP contribution < -0.4 is 15.8 Å². The number of benzene rings is 2. The maximum Gasteiger partial charge on any atom is 0.292 e. The zero-order valence-corrected chi connectivity index (χ0v) is 14.9. The average Bonchev–Trinajstić information content (AvgIpc) is 3.13. The number of hydrogen-bond donors (Lipinski definition) is 1. The van der Waals surface area contributed by atoms with E-state index in [4.69, 9.17) is 11.6 Å². The first-order chi connectivity index (χ1) is 12.7. The van der Waals surface area contributed by atoms with Crippen LogP contribution in [0.5, 0.6) is 0 Å². The summed E-state index contributed by atoms with van der Waals surface area (Å²) >= 11 is 6.40. The SMILES string of the molecule is O=c1c(Cl)c(N2CCC(Nc3ccccc3)C2)cnn1-c1ccccc1. The highest BCUT2D eigenvalue weighted by Gasteiger charge is 2.25. The van der Waals surface area contributed by atoms with E-state index in [1.165, 1.54) is 4.68 Å². The zero-order chi connectivity index (χ0) is 17.9. The molecule has 0 spiro atoms. The monoisotopic (exact) mass is 366 g/mol. The molecule has 0 bridgehead atoms. The van der Waals surface area contributed by atoms with Crippen molar-refractivity contribution in [2.45, 2.75) is 12.5 Å². The molecule has 132 valence electrons. The van der Waals surface area contributed by atoms with Crippen LogP contribution >= 0.6 is 11.6 Å². The van der Waals surface area contributed by atoms with E-state index in [9.17, 15) is 4.79 Å². The van der Waals surface area contributed by atoms with Crippen molar-refractivity contribution in [3.8, 4) is 5.69 Å². The lowest BCUT2D eigenvalue weighted by atomic mass is 10.2. The van der Waals surface area contributed by atoms with E-state index in [2.05, 4.69) is 27.4 Å². The molecule has 0 saturated carbocycles. The number of rotatable bonds is 4. The standard InChI is InChI=1S/C20H19ClN4O/c21-19-18(13-22-25(20(19)26)17-9-5-2-6-10-17)24-12-11-16(14-24)23-15-7-3-1-4-8-15/h1-10,13,16,23H,11-12,14H2. The molecule has 1 aromatic heterocycles. The second-order valence-electron chi connectivity index (χ2n) is 6.34. The Hall–Kier alpha value is -2.79. The van der Waals surface area contributed by atoms with Crippen molar-refractivity contribution in [2.75, 3.05) is 23.3 Å². The zero-order valence-electron chi connectivity index (χ0n) is 14.2. The van der Waals surface area contributed by atoms with Gasteiger partial charge in [0.1, 0.15) is 5.02 Å². The van der Waals surface area contributed by atoms with E-state index in [0.717, 1.165) is 25.2 Å². The lowest BCUT2D eigenvalue weighted by molar-refractivity contribution is 0.792. The number of para-hydroxylation sites is 2. The number of hydrogen-bond acceptors (Lipinski definition) is 4. The molecule has 0 aliphatic carbocycles. The fourth-order valence-corrected chi connectivity index (χ4v) is 3.51. The summed E-state index contributed by atoms with van der Waals surface area (Å²) in [6.07, 6.45) is 2.66. The molecule has 3 aromatic rings. The van der Waals surface area contributed by atoms with Crippen molar-refractivity contribution in [3.63, 3.8) is 0 Å². The van der Waals surface area contributed by atoms with Crippen LogP contribution in [0.4, 0.5) is 11.4 Å². The summed E-state index contributed by atoms with van der Waals surface area (Å²) in [5, 5.41) is 8.06. The van der Waals surface area contributed by atoms with Gasteiger partial charge in [-0.25, -0.2) is 0 Å². The third-order valence-electron chi connectivity index (χ3n) is 4.57. The molecule has 1 aliphatic heterocycles. The molecule has 4 rings (SSSR count). The van der Waals surface area contributed by atoms with Gasteiger partial charge in [0.05, 0.1) is 17.6 Å². The van der Waals surface area contributed by atoms with Crippen molar-refractivity contribution in [1.82, 2.24) is 9.78 Å². The molecule has 2 aromatic carbocycles. The highest BCUT2D eigenvalue weighted by atomic mass is 35.5. The molecular formula is C20H19ClN4O. The molecule has 6 heteroatoms. The minimum absolute atomic E-state index is 0.212. The van der Waals surface area contributed by atoms with Crippen LogP contribution in [-0.4, -0.2) is 28.9 Å². The lowest BCUT2D eigenvalue weighted by Crippen LogP contribution is -2.29. The summed E-state index contributed by atoms with van der Waals surface area (Å²) in [5.41, 5.74) is 2.20. The summed E-state index contributed by atoms with van der Waals surface area (Å²) in [6, 6.07) is 19.7. The summed E-state index contributed by atoms with van der Waals surface area (Å²) in [6.45, 7) is 1.62. The fraction of sp³-hybridized carbons (Fsp3) is 0.200. The van der Waals surface area contributed by atoms with E-state index in [1.807, 2.05) is 48.5 Å². The number of aromatic nitrogens is 2. The van der Waals surface area contributed by atoms with Crippen molar-refractivity contribution < 1.29 is 0 Å². The molecule has 1 saturated heterocycles. The minimum Gasteiger partial charge on any atom is -0.380 e. The lowest BCUT2D eigenvalue weighted by Gasteiger charge is -2.20. The van der Waals surface area contributed by atoms with Gasteiger partial charge < -0.3 is 10.2 Å². The topological polar surface area (TPSA) is 50.2 Å². The molecular weight excluding hydrogens is 348 g/mol. The Kier molecular flexibility index (Phi) is 4.63. The third-order valence-corrected chi connectivity index (χ3v) is 4.93. The number of nitrogens with zero attached hydrogens (tertiary/aromatic N) is 3. The van der Waals surface area contributed by atoms with Crippen LogP contribution in [0, 0.1) is 0 Å². The Morgan fingerprint density at radius 2 is 1.73 bits per heavy atom. The maximum absolute atomic E-state index is 12.6. The maximum atomic E-state index is 12.6. The van der Waals surface area contributed by atoms with Crippen LogP contribution in [0.25, 0.3) is 5.69 Å². The van der Waals surface area contributed by atoms with Crippen molar-refractivity contribution >= 4 is 23.0 Å². The first-order valence-corrected chi connectivity index (χ1v) is 9.00. The van der Waals surface area contributed by atoms with Crippen LogP contribution in [0.15, 0.2) is 71.7 Å². The predicted molar refractivity (Wildman–Crippen MR) is 106 cm³/mol. The number of halogens is 1. The molecule has 0 radical (unpaired) electrons. The highest BCUT2D eigenvalue weighted by molar-refractivity contribution is 6.33. The second kappa shape index (κ2) is 7.22. The van der Waals surface area contributed by atoms with Gasteiger partial charge >= 0.3 is 0 Å². The summed E-state index contributed by atoms with van der Waals surface area (Å²) in [4.78, 5) is 14.8. The van der Waals surface area contributed by atoms with E-state index < -0.39 is 0 Å². The Labute approximate surface area is 156 Å². The first kappa shape index (κ1) is 16.7. The smallest absolute Gasteiger partial charge is 0.292 e. The fourth-order valence-electron chi connectivity index (χ4n) is 3.26. The Morgan fingerprint density at radius 3 is 2.46 bits per heavy atom. The van der Waals surface area contributed by atoms with E-state index in [1.54, 1.807) is 6.20 Å². The van der Waals surface area contributed by atoms with Gasteiger partial charge in [0.2, 0.25) is 0 Å². The molecule has 1 unspecified atom stereocenters. The van der Waals surface area contributed by atoms with Crippen LogP contribution in [-0.2, 0) is 0 Å². The largest absolute Gasteiger partial charge is 0.380 e. The van der Waals surface area contributed by atoms with Gasteiger partial charge in [0.25, 0.3) is 5.56 Å². The van der Waals surface area contributed by atoms with Gasteiger partial charge in [0, 0.05) is 24.8 Å². The summed E-state index contributed by atoms with van der Waals surface area (Å²) in [7, 11) is 0. The quantitative estimate of drug-likeness (QED) is 0.766. The molecule has 1 N–H and O–H groups in total. The normalized spacial score (nSPS) is 16.7. The Bertz CT molecular complexity index is 943. The minimum atomic E-state index is -0.296. The molecule has 26 heavy (non-hydrogen) atoms. The predicted octanol–water partition coefficient (Wildman–Crippen LogP) is 3.58. The molecule has 1 atom stereocenters. The summed E-state index contributed by atoms with van der Waals surface area (Å²) in [5.74, 6) is 0. The van der Waals surface area contributed by atoms with Gasteiger partial charge in [0.15, 0.2) is 0 Å². The molecule has 1 aliphatic rings. The van der Waals surface area contributed by atoms with Gasteiger partial charge in [-0.2, -0.15) is 9.78 Å². The van der Waals surface area contributed by atoms with Gasteiger partial charge in [-0.1, -0.05) is 48.0 Å². The van der Waals surface area contributed by atoms with Crippen LogP contribution in [0.2, 0.25) is 5.02 Å². The number of nitrogens with one attached hydrogen (secondary N) is 1. The average molecular weight is 367 g/mol. The second-order valence-corrected chi connectivity index (χ2v) is 6.72. The van der Waals surface area contributed by atoms with Crippen LogP contribution in [0.3, 0.4) is 0 Å². The summed E-state index contributed by atoms with van der Waals surface area (Å²) < 4.78 is 1.33. The highest BCUT2D eigenvalue weighted by Crippen LogP contribution is 2.26.